The molecule has 0 aromatic rings. The first kappa shape index (κ1) is 12.3. The molecule has 0 saturated carbocycles. The van der Waals surface area contributed by atoms with Crippen LogP contribution in [0.5, 0.6) is 0 Å². The summed E-state index contributed by atoms with van der Waals surface area (Å²) in [7, 11) is 0. The van der Waals surface area contributed by atoms with Crippen LogP contribution in [-0.4, -0.2) is 23.3 Å². The Labute approximate surface area is 79.1 Å². The molecule has 0 bridgehead atoms. The van der Waals surface area contributed by atoms with E-state index in [9.17, 15) is 14.7 Å². The lowest BCUT2D eigenvalue weighted by atomic mass is 9.95. The largest absolute Gasteiger partial charge is 0.390 e. The Morgan fingerprint density at radius 3 is 2.38 bits per heavy atom. The van der Waals surface area contributed by atoms with Crippen molar-refractivity contribution in [3.8, 4) is 0 Å². The monoisotopic (exact) mass is 186 g/mol. The predicted octanol–water partition coefficient (Wildman–Crippen LogP) is 1.33. The van der Waals surface area contributed by atoms with Crippen molar-refractivity contribution in [2.45, 2.75) is 45.1 Å². The Bertz CT molecular complexity index is 158. The van der Waals surface area contributed by atoms with E-state index >= 15 is 0 Å². The first-order chi connectivity index (χ1) is 5.99. The molecule has 3 nitrogen and oxygen atoms in total. The van der Waals surface area contributed by atoms with Crippen LogP contribution in [0.4, 0.5) is 0 Å². The topological polar surface area (TPSA) is 54.4 Å². The van der Waals surface area contributed by atoms with Crippen molar-refractivity contribution in [1.82, 2.24) is 0 Å². The van der Waals surface area contributed by atoms with Crippen LogP contribution < -0.4 is 0 Å². The molecule has 0 spiro atoms. The molecule has 0 aliphatic rings. The zero-order valence-corrected chi connectivity index (χ0v) is 8.32. The summed E-state index contributed by atoms with van der Waals surface area (Å²) < 4.78 is 0. The number of carbonyl (C=O) groups is 2. The van der Waals surface area contributed by atoms with Crippen LogP contribution >= 0.6 is 0 Å². The van der Waals surface area contributed by atoms with E-state index in [0.29, 0.717) is 19.3 Å². The van der Waals surface area contributed by atoms with Crippen molar-refractivity contribution in [3.05, 3.63) is 0 Å². The van der Waals surface area contributed by atoms with E-state index in [1.165, 1.54) is 0 Å². The molecule has 0 heterocycles. The normalized spacial score (nSPS) is 13.8. The number of aldehydes is 2. The van der Waals surface area contributed by atoms with Crippen molar-refractivity contribution < 1.29 is 14.7 Å². The van der Waals surface area contributed by atoms with Crippen LogP contribution in [0, 0.1) is 5.92 Å². The third-order valence-corrected chi connectivity index (χ3v) is 1.95. The summed E-state index contributed by atoms with van der Waals surface area (Å²) in [6, 6.07) is 0. The molecule has 0 saturated heterocycles. The summed E-state index contributed by atoms with van der Waals surface area (Å²) in [6.45, 7) is 3.48. The minimum Gasteiger partial charge on any atom is -0.390 e. The maximum Gasteiger partial charge on any atom is 0.123 e. The highest BCUT2D eigenvalue weighted by atomic mass is 16.3. The van der Waals surface area contributed by atoms with Gasteiger partial charge < -0.3 is 14.7 Å². The van der Waals surface area contributed by atoms with Crippen LogP contribution in [0.15, 0.2) is 0 Å². The Balaban J connectivity index is 3.60. The standard InChI is InChI=1S/C10H18O3/c1-10(2,13)6-3-4-9(8-12)5-7-11/h7-9,13H,3-6H2,1-2H3. The fourth-order valence-corrected chi connectivity index (χ4v) is 1.16. The van der Waals surface area contributed by atoms with Crippen LogP contribution in [0.1, 0.15) is 39.5 Å². The van der Waals surface area contributed by atoms with Crippen molar-refractivity contribution >= 4 is 12.6 Å². The zero-order chi connectivity index (χ0) is 10.3. The number of aliphatic hydroxyl groups is 1. The Morgan fingerprint density at radius 1 is 1.38 bits per heavy atom. The highest BCUT2D eigenvalue weighted by Gasteiger charge is 2.13. The fourth-order valence-electron chi connectivity index (χ4n) is 1.16. The fraction of sp³-hybridized carbons (Fsp3) is 0.800. The SMILES string of the molecule is CC(C)(O)CCCC(C=O)CC=O. The number of rotatable bonds is 7. The van der Waals surface area contributed by atoms with Gasteiger partial charge in [0.1, 0.15) is 12.6 Å². The third-order valence-electron chi connectivity index (χ3n) is 1.95. The van der Waals surface area contributed by atoms with Gasteiger partial charge in [0.25, 0.3) is 0 Å². The summed E-state index contributed by atoms with van der Waals surface area (Å²) in [5.41, 5.74) is -0.672. The molecule has 0 amide bonds. The summed E-state index contributed by atoms with van der Waals surface area (Å²) in [6.07, 6.45) is 4.01. The van der Waals surface area contributed by atoms with Gasteiger partial charge in [-0.3, -0.25) is 0 Å². The molecule has 13 heavy (non-hydrogen) atoms. The quantitative estimate of drug-likeness (QED) is 0.610. The van der Waals surface area contributed by atoms with Gasteiger partial charge in [0.15, 0.2) is 0 Å². The molecule has 0 fully saturated rings. The van der Waals surface area contributed by atoms with Gasteiger partial charge in [0.05, 0.1) is 5.60 Å². The molecule has 1 N–H and O–H groups in total. The maximum absolute atomic E-state index is 10.4. The lowest BCUT2D eigenvalue weighted by Gasteiger charge is -2.17. The first-order valence-electron chi connectivity index (χ1n) is 4.61. The second-order valence-electron chi connectivity index (χ2n) is 4.00. The summed E-state index contributed by atoms with van der Waals surface area (Å²) in [5, 5.41) is 9.38. The highest BCUT2D eigenvalue weighted by molar-refractivity contribution is 5.61. The first-order valence-corrected chi connectivity index (χ1v) is 4.61. The van der Waals surface area contributed by atoms with E-state index < -0.39 is 5.60 Å². The van der Waals surface area contributed by atoms with Crippen molar-refractivity contribution in [2.75, 3.05) is 0 Å². The van der Waals surface area contributed by atoms with Gasteiger partial charge in [0, 0.05) is 12.3 Å². The molecule has 0 radical (unpaired) electrons. The van der Waals surface area contributed by atoms with Gasteiger partial charge in [0.2, 0.25) is 0 Å². The maximum atomic E-state index is 10.4. The van der Waals surface area contributed by atoms with Crippen LogP contribution in [0.3, 0.4) is 0 Å². The average Bonchev–Trinajstić information content (AvgIpc) is 2.01. The van der Waals surface area contributed by atoms with E-state index in [4.69, 9.17) is 0 Å². The second-order valence-corrected chi connectivity index (χ2v) is 4.00. The van der Waals surface area contributed by atoms with Gasteiger partial charge >= 0.3 is 0 Å². The van der Waals surface area contributed by atoms with E-state index in [-0.39, 0.29) is 5.92 Å². The Hall–Kier alpha value is -0.700. The predicted molar refractivity (Wildman–Crippen MR) is 50.4 cm³/mol. The van der Waals surface area contributed by atoms with E-state index in [1.54, 1.807) is 13.8 Å². The number of carbonyl (C=O) groups excluding carboxylic acids is 2. The molecule has 3 heteroatoms. The minimum absolute atomic E-state index is 0.167. The van der Waals surface area contributed by atoms with Crippen molar-refractivity contribution in [2.24, 2.45) is 5.92 Å². The van der Waals surface area contributed by atoms with E-state index in [2.05, 4.69) is 0 Å². The minimum atomic E-state index is -0.672. The van der Waals surface area contributed by atoms with Gasteiger partial charge in [-0.25, -0.2) is 0 Å². The van der Waals surface area contributed by atoms with E-state index in [1.807, 2.05) is 0 Å². The number of hydrogen-bond acceptors (Lipinski definition) is 3. The average molecular weight is 186 g/mol. The lowest BCUT2D eigenvalue weighted by Crippen LogP contribution is -2.18. The molecule has 0 rings (SSSR count). The Kier molecular flexibility index (Phi) is 5.55. The molecule has 1 unspecified atom stereocenters. The molecule has 1 atom stereocenters. The molecule has 0 aliphatic heterocycles. The highest BCUT2D eigenvalue weighted by Crippen LogP contribution is 2.16. The molecule has 0 aromatic heterocycles. The molecular weight excluding hydrogens is 168 g/mol. The van der Waals surface area contributed by atoms with Crippen molar-refractivity contribution in [3.63, 3.8) is 0 Å². The van der Waals surface area contributed by atoms with Crippen LogP contribution in [-0.2, 0) is 9.59 Å². The summed E-state index contributed by atoms with van der Waals surface area (Å²) >= 11 is 0. The molecular formula is C10H18O3. The number of hydrogen-bond donors (Lipinski definition) is 1. The smallest absolute Gasteiger partial charge is 0.123 e. The van der Waals surface area contributed by atoms with E-state index in [0.717, 1.165) is 19.0 Å². The van der Waals surface area contributed by atoms with Gasteiger partial charge in [-0.05, 0) is 33.1 Å². The van der Waals surface area contributed by atoms with Gasteiger partial charge in [-0.15, -0.1) is 0 Å². The van der Waals surface area contributed by atoms with Crippen LogP contribution in [0.2, 0.25) is 0 Å². The molecule has 76 valence electrons. The Morgan fingerprint density at radius 2 is 2.00 bits per heavy atom. The van der Waals surface area contributed by atoms with Gasteiger partial charge in [-0.1, -0.05) is 0 Å². The van der Waals surface area contributed by atoms with Crippen LogP contribution in [0.25, 0.3) is 0 Å². The summed E-state index contributed by atoms with van der Waals surface area (Å²) in [4.78, 5) is 20.6. The summed E-state index contributed by atoms with van der Waals surface area (Å²) in [5.74, 6) is -0.167. The molecule has 0 aromatic carbocycles. The molecule has 0 aliphatic carbocycles. The lowest BCUT2D eigenvalue weighted by molar-refractivity contribution is -0.115. The van der Waals surface area contributed by atoms with Crippen molar-refractivity contribution in [1.29, 1.82) is 0 Å². The van der Waals surface area contributed by atoms with Gasteiger partial charge in [-0.2, -0.15) is 0 Å². The zero-order valence-electron chi connectivity index (χ0n) is 8.32. The second kappa shape index (κ2) is 5.86. The third kappa shape index (κ3) is 7.65.